The van der Waals surface area contributed by atoms with Crippen LogP contribution in [0.15, 0.2) is 0 Å². The lowest BCUT2D eigenvalue weighted by Crippen LogP contribution is -2.16. The summed E-state index contributed by atoms with van der Waals surface area (Å²) in [5.74, 6) is 0.932. The molecule has 98 valence electrons. The zero-order chi connectivity index (χ0) is 12.1. The van der Waals surface area contributed by atoms with Gasteiger partial charge >= 0.3 is 5.97 Å². The van der Waals surface area contributed by atoms with E-state index < -0.39 is 0 Å². The first-order valence-electron chi connectivity index (χ1n) is 7.53. The molecule has 2 rings (SSSR count). The Morgan fingerprint density at radius 1 is 1.12 bits per heavy atom. The summed E-state index contributed by atoms with van der Waals surface area (Å²) in [5, 5.41) is 0. The Balaban J connectivity index is 1.61. The number of cyclic esters (lactones) is 1. The van der Waals surface area contributed by atoms with Crippen molar-refractivity contribution in [2.45, 2.75) is 77.2 Å². The standard InChI is InChI=1S/C15H26O2/c1-2-3-4-5-6-7-11-14-12-9-8-10-13(12)15(16)17-14/h12-14H,2-11H2,1H3/t12-,13+,14+/m0/s1. The summed E-state index contributed by atoms with van der Waals surface area (Å²) in [7, 11) is 0. The van der Waals surface area contributed by atoms with Crippen LogP contribution in [0.5, 0.6) is 0 Å². The smallest absolute Gasteiger partial charge is 0.309 e. The van der Waals surface area contributed by atoms with Crippen LogP contribution in [0.2, 0.25) is 0 Å². The molecule has 17 heavy (non-hydrogen) atoms. The van der Waals surface area contributed by atoms with Crippen molar-refractivity contribution in [2.24, 2.45) is 11.8 Å². The van der Waals surface area contributed by atoms with Gasteiger partial charge in [0.15, 0.2) is 0 Å². The average Bonchev–Trinajstić information content (AvgIpc) is 2.89. The van der Waals surface area contributed by atoms with Crippen molar-refractivity contribution in [1.82, 2.24) is 0 Å². The van der Waals surface area contributed by atoms with E-state index >= 15 is 0 Å². The molecule has 0 aromatic rings. The van der Waals surface area contributed by atoms with E-state index in [9.17, 15) is 4.79 Å². The van der Waals surface area contributed by atoms with Crippen molar-refractivity contribution >= 4 is 5.97 Å². The zero-order valence-electron chi connectivity index (χ0n) is 11.1. The summed E-state index contributed by atoms with van der Waals surface area (Å²) in [6.45, 7) is 2.25. The minimum Gasteiger partial charge on any atom is -0.462 e. The Hall–Kier alpha value is -0.530. The van der Waals surface area contributed by atoms with Crippen molar-refractivity contribution in [3.8, 4) is 0 Å². The first kappa shape index (κ1) is 12.9. The van der Waals surface area contributed by atoms with Crippen LogP contribution >= 0.6 is 0 Å². The third-order valence-electron chi connectivity index (χ3n) is 4.46. The summed E-state index contributed by atoms with van der Waals surface area (Å²) >= 11 is 0. The highest BCUT2D eigenvalue weighted by Crippen LogP contribution is 2.42. The van der Waals surface area contributed by atoms with E-state index in [-0.39, 0.29) is 18.0 Å². The maximum atomic E-state index is 11.6. The molecule has 0 N–H and O–H groups in total. The molecular weight excluding hydrogens is 212 g/mol. The van der Waals surface area contributed by atoms with Crippen molar-refractivity contribution < 1.29 is 9.53 Å². The van der Waals surface area contributed by atoms with E-state index in [1.54, 1.807) is 0 Å². The van der Waals surface area contributed by atoms with Gasteiger partial charge in [0.25, 0.3) is 0 Å². The summed E-state index contributed by atoms with van der Waals surface area (Å²) in [4.78, 5) is 11.6. The summed E-state index contributed by atoms with van der Waals surface area (Å²) in [5.41, 5.74) is 0. The molecule has 2 heteroatoms. The molecule has 0 unspecified atom stereocenters. The minimum atomic E-state index is 0.100. The van der Waals surface area contributed by atoms with Crippen molar-refractivity contribution in [3.63, 3.8) is 0 Å². The topological polar surface area (TPSA) is 26.3 Å². The Kier molecular flexibility index (Phi) is 4.87. The fourth-order valence-electron chi connectivity index (χ4n) is 3.45. The number of esters is 1. The van der Waals surface area contributed by atoms with Gasteiger partial charge in [-0.25, -0.2) is 0 Å². The molecule has 0 amide bonds. The van der Waals surface area contributed by atoms with Crippen LogP contribution < -0.4 is 0 Å². The van der Waals surface area contributed by atoms with Crippen LogP contribution in [0.1, 0.15) is 71.1 Å². The quantitative estimate of drug-likeness (QED) is 0.493. The van der Waals surface area contributed by atoms with Gasteiger partial charge in [0.05, 0.1) is 5.92 Å². The number of ether oxygens (including phenoxy) is 1. The largest absolute Gasteiger partial charge is 0.462 e. The first-order valence-corrected chi connectivity index (χ1v) is 7.53. The molecule has 0 aromatic carbocycles. The highest BCUT2D eigenvalue weighted by Gasteiger charge is 2.46. The van der Waals surface area contributed by atoms with Gasteiger partial charge in [-0.05, 0) is 25.7 Å². The number of unbranched alkanes of at least 4 members (excludes halogenated alkanes) is 5. The molecule has 2 nitrogen and oxygen atoms in total. The predicted molar refractivity (Wildman–Crippen MR) is 68.7 cm³/mol. The van der Waals surface area contributed by atoms with Crippen LogP contribution in [0.4, 0.5) is 0 Å². The van der Waals surface area contributed by atoms with Gasteiger partial charge in [-0.1, -0.05) is 45.4 Å². The van der Waals surface area contributed by atoms with Crippen LogP contribution in [-0.4, -0.2) is 12.1 Å². The first-order chi connectivity index (χ1) is 8.33. The Morgan fingerprint density at radius 3 is 2.71 bits per heavy atom. The van der Waals surface area contributed by atoms with Crippen LogP contribution in [0, 0.1) is 11.8 Å². The molecule has 0 radical (unpaired) electrons. The summed E-state index contributed by atoms with van der Waals surface area (Å²) in [6.07, 6.45) is 12.9. The van der Waals surface area contributed by atoms with Gasteiger partial charge in [0.1, 0.15) is 6.10 Å². The molecule has 3 atom stereocenters. The maximum absolute atomic E-state index is 11.6. The highest BCUT2D eigenvalue weighted by atomic mass is 16.6. The Labute approximate surface area is 105 Å². The monoisotopic (exact) mass is 238 g/mol. The van der Waals surface area contributed by atoms with E-state index in [1.807, 2.05) is 0 Å². The Morgan fingerprint density at radius 2 is 1.88 bits per heavy atom. The molecular formula is C15H26O2. The fourth-order valence-corrected chi connectivity index (χ4v) is 3.45. The predicted octanol–water partition coefficient (Wildman–Crippen LogP) is 4.08. The van der Waals surface area contributed by atoms with Gasteiger partial charge in [0.2, 0.25) is 0 Å². The number of rotatable bonds is 7. The van der Waals surface area contributed by atoms with E-state index in [1.165, 1.54) is 51.4 Å². The lowest BCUT2D eigenvalue weighted by molar-refractivity contribution is -0.144. The zero-order valence-corrected chi connectivity index (χ0v) is 11.1. The second-order valence-electron chi connectivity index (χ2n) is 5.73. The van der Waals surface area contributed by atoms with Gasteiger partial charge in [-0.3, -0.25) is 4.79 Å². The molecule has 2 fully saturated rings. The molecule has 0 aromatic heterocycles. The second kappa shape index (κ2) is 6.42. The molecule has 1 aliphatic carbocycles. The highest BCUT2D eigenvalue weighted by molar-refractivity contribution is 5.75. The number of hydrogen-bond acceptors (Lipinski definition) is 2. The van der Waals surface area contributed by atoms with Gasteiger partial charge in [-0.15, -0.1) is 0 Å². The number of fused-ring (bicyclic) bond motifs is 1. The maximum Gasteiger partial charge on any atom is 0.309 e. The van der Waals surface area contributed by atoms with E-state index in [0.717, 1.165) is 12.8 Å². The third-order valence-corrected chi connectivity index (χ3v) is 4.46. The lowest BCUT2D eigenvalue weighted by atomic mass is 9.91. The van der Waals surface area contributed by atoms with E-state index in [0.29, 0.717) is 5.92 Å². The summed E-state index contributed by atoms with van der Waals surface area (Å²) in [6, 6.07) is 0. The van der Waals surface area contributed by atoms with E-state index in [4.69, 9.17) is 4.74 Å². The Bertz CT molecular complexity index is 249. The second-order valence-corrected chi connectivity index (χ2v) is 5.73. The van der Waals surface area contributed by atoms with Crippen LogP contribution in [-0.2, 0) is 9.53 Å². The minimum absolute atomic E-state index is 0.100. The van der Waals surface area contributed by atoms with Crippen LogP contribution in [0.3, 0.4) is 0 Å². The van der Waals surface area contributed by atoms with Crippen molar-refractivity contribution in [2.75, 3.05) is 0 Å². The fraction of sp³-hybridized carbons (Fsp3) is 0.933. The third kappa shape index (κ3) is 3.23. The molecule has 0 bridgehead atoms. The van der Waals surface area contributed by atoms with Gasteiger partial charge < -0.3 is 4.74 Å². The summed E-state index contributed by atoms with van der Waals surface area (Å²) < 4.78 is 5.52. The van der Waals surface area contributed by atoms with Crippen molar-refractivity contribution in [3.05, 3.63) is 0 Å². The number of carbonyl (C=O) groups excluding carboxylic acids is 1. The van der Waals surface area contributed by atoms with Crippen LogP contribution in [0.25, 0.3) is 0 Å². The van der Waals surface area contributed by atoms with Gasteiger partial charge in [-0.2, -0.15) is 0 Å². The lowest BCUT2D eigenvalue weighted by Gasteiger charge is -2.15. The SMILES string of the molecule is CCCCCCCC[C@H]1OC(=O)[C@@H]2CCC[C@H]12. The van der Waals surface area contributed by atoms with E-state index in [2.05, 4.69) is 6.92 Å². The normalized spacial score (nSPS) is 31.6. The molecule has 1 aliphatic heterocycles. The molecule has 1 heterocycles. The van der Waals surface area contributed by atoms with Gasteiger partial charge in [0, 0.05) is 5.92 Å². The average molecular weight is 238 g/mol. The molecule has 1 saturated heterocycles. The number of hydrogen-bond donors (Lipinski definition) is 0. The molecule has 1 saturated carbocycles. The molecule has 0 spiro atoms. The molecule has 2 aliphatic rings. The van der Waals surface area contributed by atoms with Crippen molar-refractivity contribution in [1.29, 1.82) is 0 Å². The number of carbonyl (C=O) groups is 1.